The van der Waals surface area contributed by atoms with Crippen molar-refractivity contribution in [2.45, 2.75) is 26.4 Å². The largest absolute Gasteiger partial charge is 0.439 e. The van der Waals surface area contributed by atoms with E-state index >= 15 is 0 Å². The molecule has 0 aliphatic carbocycles. The second kappa shape index (κ2) is 5.60. The van der Waals surface area contributed by atoms with Crippen molar-refractivity contribution in [1.29, 1.82) is 0 Å². The number of ether oxygens (including phenoxy) is 1. The highest BCUT2D eigenvalue weighted by Crippen LogP contribution is 2.25. The Labute approximate surface area is 106 Å². The quantitative estimate of drug-likeness (QED) is 0.898. The SMILES string of the molecule is CC(C)c1cc(Oc2ccccc2CO)ncn1. The summed E-state index contributed by atoms with van der Waals surface area (Å²) >= 11 is 0. The van der Waals surface area contributed by atoms with Crippen LogP contribution < -0.4 is 4.74 Å². The fourth-order valence-corrected chi connectivity index (χ4v) is 1.57. The van der Waals surface area contributed by atoms with E-state index in [2.05, 4.69) is 23.8 Å². The lowest BCUT2D eigenvalue weighted by Gasteiger charge is -2.10. The molecule has 1 heterocycles. The maximum absolute atomic E-state index is 9.23. The van der Waals surface area contributed by atoms with Crippen molar-refractivity contribution >= 4 is 0 Å². The highest BCUT2D eigenvalue weighted by Gasteiger charge is 2.07. The average molecular weight is 244 g/mol. The zero-order valence-electron chi connectivity index (χ0n) is 10.5. The maximum Gasteiger partial charge on any atom is 0.222 e. The smallest absolute Gasteiger partial charge is 0.222 e. The van der Waals surface area contributed by atoms with Gasteiger partial charge in [-0.3, -0.25) is 0 Å². The third-order valence-corrected chi connectivity index (χ3v) is 2.61. The molecule has 0 aliphatic rings. The molecule has 0 saturated carbocycles. The van der Waals surface area contributed by atoms with Gasteiger partial charge in [0.2, 0.25) is 5.88 Å². The molecule has 4 heteroatoms. The standard InChI is InChI=1S/C14H16N2O2/c1-10(2)12-7-14(16-9-15-12)18-13-6-4-3-5-11(13)8-17/h3-7,9-10,17H,8H2,1-2H3. The summed E-state index contributed by atoms with van der Waals surface area (Å²) in [5.74, 6) is 1.44. The lowest BCUT2D eigenvalue weighted by molar-refractivity contribution is 0.276. The van der Waals surface area contributed by atoms with Crippen LogP contribution in [0.5, 0.6) is 11.6 Å². The van der Waals surface area contributed by atoms with Gasteiger partial charge in [-0.15, -0.1) is 0 Å². The predicted molar refractivity (Wildman–Crippen MR) is 68.6 cm³/mol. The van der Waals surface area contributed by atoms with Crippen LogP contribution in [-0.2, 0) is 6.61 Å². The van der Waals surface area contributed by atoms with Gasteiger partial charge < -0.3 is 9.84 Å². The Morgan fingerprint density at radius 2 is 2.00 bits per heavy atom. The molecule has 0 bridgehead atoms. The van der Waals surface area contributed by atoms with Gasteiger partial charge in [0, 0.05) is 11.6 Å². The molecule has 1 aromatic carbocycles. The lowest BCUT2D eigenvalue weighted by Crippen LogP contribution is -1.97. The van der Waals surface area contributed by atoms with Crippen molar-refractivity contribution in [3.8, 4) is 11.6 Å². The Bertz CT molecular complexity index is 527. The molecule has 0 amide bonds. The highest BCUT2D eigenvalue weighted by atomic mass is 16.5. The van der Waals surface area contributed by atoms with Crippen LogP contribution in [0, 0.1) is 0 Å². The van der Waals surface area contributed by atoms with Crippen LogP contribution in [-0.4, -0.2) is 15.1 Å². The summed E-state index contributed by atoms with van der Waals surface area (Å²) in [5.41, 5.74) is 1.67. The Hall–Kier alpha value is -1.94. The number of aliphatic hydroxyl groups excluding tert-OH is 1. The van der Waals surface area contributed by atoms with E-state index in [1.54, 1.807) is 0 Å². The number of nitrogens with zero attached hydrogens (tertiary/aromatic N) is 2. The Kier molecular flexibility index (Phi) is 3.89. The molecule has 2 aromatic rings. The number of aliphatic hydroxyl groups is 1. The first-order valence-electron chi connectivity index (χ1n) is 5.89. The molecule has 4 nitrogen and oxygen atoms in total. The van der Waals surface area contributed by atoms with Crippen molar-refractivity contribution in [2.75, 3.05) is 0 Å². The Morgan fingerprint density at radius 1 is 1.22 bits per heavy atom. The van der Waals surface area contributed by atoms with Gasteiger partial charge in [-0.25, -0.2) is 9.97 Å². The lowest BCUT2D eigenvalue weighted by atomic mass is 10.1. The third-order valence-electron chi connectivity index (χ3n) is 2.61. The zero-order chi connectivity index (χ0) is 13.0. The van der Waals surface area contributed by atoms with Gasteiger partial charge in [0.15, 0.2) is 0 Å². The van der Waals surface area contributed by atoms with E-state index in [1.807, 2.05) is 30.3 Å². The van der Waals surface area contributed by atoms with Gasteiger partial charge in [0.25, 0.3) is 0 Å². The molecule has 0 aliphatic heterocycles. The van der Waals surface area contributed by atoms with Crippen LogP contribution in [0.15, 0.2) is 36.7 Å². The molecule has 94 valence electrons. The molecule has 0 atom stereocenters. The van der Waals surface area contributed by atoms with E-state index in [1.165, 1.54) is 6.33 Å². The monoisotopic (exact) mass is 244 g/mol. The van der Waals surface area contributed by atoms with Crippen LogP contribution in [0.1, 0.15) is 31.0 Å². The van der Waals surface area contributed by atoms with Gasteiger partial charge in [-0.2, -0.15) is 0 Å². The number of rotatable bonds is 4. The van der Waals surface area contributed by atoms with E-state index in [0.717, 1.165) is 11.3 Å². The summed E-state index contributed by atoms with van der Waals surface area (Å²) in [5, 5.41) is 9.23. The molecule has 1 aromatic heterocycles. The molecule has 1 N–H and O–H groups in total. The summed E-state index contributed by atoms with van der Waals surface area (Å²) in [6, 6.07) is 9.17. The van der Waals surface area contributed by atoms with Crippen molar-refractivity contribution in [1.82, 2.24) is 9.97 Å². The van der Waals surface area contributed by atoms with Crippen molar-refractivity contribution in [2.24, 2.45) is 0 Å². The number of hydrogen-bond donors (Lipinski definition) is 1. The van der Waals surface area contributed by atoms with Gasteiger partial charge in [-0.05, 0) is 12.0 Å². The number of hydrogen-bond acceptors (Lipinski definition) is 4. The van der Waals surface area contributed by atoms with E-state index in [9.17, 15) is 5.11 Å². The molecule has 0 fully saturated rings. The fraction of sp³-hybridized carbons (Fsp3) is 0.286. The van der Waals surface area contributed by atoms with Crippen molar-refractivity contribution in [3.05, 3.63) is 47.9 Å². The van der Waals surface area contributed by atoms with Crippen molar-refractivity contribution < 1.29 is 9.84 Å². The molecule has 18 heavy (non-hydrogen) atoms. The van der Waals surface area contributed by atoms with Crippen LogP contribution >= 0.6 is 0 Å². The third kappa shape index (κ3) is 2.84. The average Bonchev–Trinajstić information content (AvgIpc) is 2.39. The maximum atomic E-state index is 9.23. The van der Waals surface area contributed by atoms with Crippen LogP contribution in [0.3, 0.4) is 0 Å². The number of benzene rings is 1. The van der Waals surface area contributed by atoms with Gasteiger partial charge in [0.1, 0.15) is 12.1 Å². The number of aromatic nitrogens is 2. The summed E-state index contributed by atoms with van der Waals surface area (Å²) in [7, 11) is 0. The minimum Gasteiger partial charge on any atom is -0.439 e. The van der Waals surface area contributed by atoms with Crippen LogP contribution in [0.25, 0.3) is 0 Å². The minimum atomic E-state index is -0.0572. The zero-order valence-corrected chi connectivity index (χ0v) is 10.5. The first kappa shape index (κ1) is 12.5. The van der Waals surface area contributed by atoms with Gasteiger partial charge >= 0.3 is 0 Å². The van der Waals surface area contributed by atoms with E-state index in [4.69, 9.17) is 4.74 Å². The summed E-state index contributed by atoms with van der Waals surface area (Å²) in [6.07, 6.45) is 1.49. The van der Waals surface area contributed by atoms with Crippen LogP contribution in [0.2, 0.25) is 0 Å². The first-order chi connectivity index (χ1) is 8.70. The molecule has 0 spiro atoms. The summed E-state index contributed by atoms with van der Waals surface area (Å²) < 4.78 is 5.68. The second-order valence-electron chi connectivity index (χ2n) is 4.30. The highest BCUT2D eigenvalue weighted by molar-refractivity contribution is 5.35. The van der Waals surface area contributed by atoms with Crippen LogP contribution in [0.4, 0.5) is 0 Å². The normalized spacial score (nSPS) is 10.7. The Morgan fingerprint density at radius 3 is 2.72 bits per heavy atom. The molecule has 0 saturated heterocycles. The van der Waals surface area contributed by atoms with Gasteiger partial charge in [-0.1, -0.05) is 32.0 Å². The molecular formula is C14H16N2O2. The second-order valence-corrected chi connectivity index (χ2v) is 4.30. The number of para-hydroxylation sites is 1. The van der Waals surface area contributed by atoms with E-state index in [-0.39, 0.29) is 6.61 Å². The van der Waals surface area contributed by atoms with Gasteiger partial charge in [0.05, 0.1) is 12.3 Å². The first-order valence-corrected chi connectivity index (χ1v) is 5.89. The molecule has 0 radical (unpaired) electrons. The predicted octanol–water partition coefficient (Wildman–Crippen LogP) is 2.88. The van der Waals surface area contributed by atoms with E-state index in [0.29, 0.717) is 17.5 Å². The summed E-state index contributed by atoms with van der Waals surface area (Å²) in [6.45, 7) is 4.07. The van der Waals surface area contributed by atoms with Crippen molar-refractivity contribution in [3.63, 3.8) is 0 Å². The Balaban J connectivity index is 2.25. The molecule has 0 unspecified atom stereocenters. The fourth-order valence-electron chi connectivity index (χ4n) is 1.57. The summed E-state index contributed by atoms with van der Waals surface area (Å²) in [4.78, 5) is 8.26. The molecular weight excluding hydrogens is 228 g/mol. The minimum absolute atomic E-state index is 0.0572. The van der Waals surface area contributed by atoms with E-state index < -0.39 is 0 Å². The topological polar surface area (TPSA) is 55.2 Å². The molecule has 2 rings (SSSR count).